The van der Waals surface area contributed by atoms with E-state index in [2.05, 4.69) is 49.4 Å². The maximum absolute atomic E-state index is 6.45. The molecule has 27 heavy (non-hydrogen) atoms. The maximum atomic E-state index is 6.45. The van der Waals surface area contributed by atoms with Gasteiger partial charge in [-0.15, -0.1) is 0 Å². The third kappa shape index (κ3) is 2.19. The predicted octanol–water partition coefficient (Wildman–Crippen LogP) is 7.84. The Morgan fingerprint density at radius 1 is 0.741 bits per heavy atom. The molecule has 0 amide bonds. The lowest BCUT2D eigenvalue weighted by atomic mass is 9.81. The number of hydrogen-bond donors (Lipinski definition) is 0. The van der Waals surface area contributed by atoms with Crippen LogP contribution in [0.2, 0.25) is 0 Å². The molecule has 134 valence electrons. The minimum absolute atomic E-state index is 0.548. The van der Waals surface area contributed by atoms with E-state index >= 15 is 0 Å². The number of rotatable bonds is 1. The Balaban J connectivity index is 1.82. The second-order valence-electron chi connectivity index (χ2n) is 8.07. The summed E-state index contributed by atoms with van der Waals surface area (Å²) >= 11 is 0. The van der Waals surface area contributed by atoms with Crippen molar-refractivity contribution in [2.45, 2.75) is 44.9 Å². The van der Waals surface area contributed by atoms with Gasteiger partial charge in [-0.2, -0.15) is 0 Å². The molecule has 2 nitrogen and oxygen atoms in total. The number of hydrogen-bond acceptors (Lipinski definition) is 2. The molecule has 0 spiro atoms. The number of para-hydroxylation sites is 1. The fourth-order valence-electron chi connectivity index (χ4n) is 5.04. The zero-order valence-electron chi connectivity index (χ0n) is 15.5. The lowest BCUT2D eigenvalue weighted by molar-refractivity contribution is 0.444. The molecule has 0 saturated heterocycles. The van der Waals surface area contributed by atoms with Gasteiger partial charge in [-0.3, -0.25) is 0 Å². The lowest BCUT2D eigenvalue weighted by Gasteiger charge is -2.22. The van der Waals surface area contributed by atoms with Crippen molar-refractivity contribution in [1.82, 2.24) is 0 Å². The van der Waals surface area contributed by atoms with E-state index in [0.29, 0.717) is 5.92 Å². The highest BCUT2D eigenvalue weighted by Crippen LogP contribution is 2.46. The van der Waals surface area contributed by atoms with Crippen molar-refractivity contribution in [3.05, 3.63) is 59.7 Å². The second-order valence-corrected chi connectivity index (χ2v) is 8.07. The van der Waals surface area contributed by atoms with Crippen molar-refractivity contribution >= 4 is 43.9 Å². The van der Waals surface area contributed by atoms with E-state index < -0.39 is 0 Å². The van der Waals surface area contributed by atoms with E-state index in [1.165, 1.54) is 64.8 Å². The minimum Gasteiger partial charge on any atom is -0.456 e. The summed E-state index contributed by atoms with van der Waals surface area (Å²) in [6.07, 6.45) is 6.43. The first-order valence-electron chi connectivity index (χ1n) is 10.1. The molecule has 6 rings (SSSR count). The van der Waals surface area contributed by atoms with Crippen LogP contribution in [0.25, 0.3) is 43.9 Å². The van der Waals surface area contributed by atoms with Gasteiger partial charge < -0.3 is 8.83 Å². The Labute approximate surface area is 157 Å². The van der Waals surface area contributed by atoms with Crippen LogP contribution in [0.15, 0.2) is 57.4 Å². The second kappa shape index (κ2) is 5.63. The summed E-state index contributed by atoms with van der Waals surface area (Å²) < 4.78 is 12.8. The Morgan fingerprint density at radius 2 is 1.56 bits per heavy atom. The highest BCUT2D eigenvalue weighted by molar-refractivity contribution is 6.17. The molecule has 5 aromatic rings. The molecule has 0 N–H and O–H groups in total. The molecule has 1 fully saturated rings. The van der Waals surface area contributed by atoms with E-state index in [4.69, 9.17) is 8.83 Å². The molecule has 0 aliphatic heterocycles. The van der Waals surface area contributed by atoms with Gasteiger partial charge in [-0.1, -0.05) is 49.1 Å². The van der Waals surface area contributed by atoms with Crippen molar-refractivity contribution < 1.29 is 8.83 Å². The van der Waals surface area contributed by atoms with Gasteiger partial charge in [-0.25, -0.2) is 0 Å². The third-order valence-electron chi connectivity index (χ3n) is 6.31. The molecule has 0 radical (unpaired) electrons. The molecule has 0 unspecified atom stereocenters. The average molecular weight is 354 g/mol. The van der Waals surface area contributed by atoms with Crippen LogP contribution < -0.4 is 0 Å². The summed E-state index contributed by atoms with van der Waals surface area (Å²) in [6.45, 7) is 2.15. The number of aryl methyl sites for hydroxylation is 1. The average Bonchev–Trinajstić information content (AvgIpc) is 3.24. The van der Waals surface area contributed by atoms with Gasteiger partial charge in [0.05, 0.1) is 0 Å². The van der Waals surface area contributed by atoms with Crippen LogP contribution >= 0.6 is 0 Å². The number of fused-ring (bicyclic) bond motifs is 6. The smallest absolute Gasteiger partial charge is 0.139 e. The molecule has 0 bridgehead atoms. The van der Waals surface area contributed by atoms with E-state index in [1.807, 2.05) is 6.07 Å². The maximum Gasteiger partial charge on any atom is 0.139 e. The van der Waals surface area contributed by atoms with Crippen LogP contribution in [0.4, 0.5) is 0 Å². The zero-order valence-corrected chi connectivity index (χ0v) is 15.5. The van der Waals surface area contributed by atoms with Crippen molar-refractivity contribution in [2.24, 2.45) is 0 Å². The minimum atomic E-state index is 0.548. The summed E-state index contributed by atoms with van der Waals surface area (Å²) in [6, 6.07) is 17.1. The summed E-state index contributed by atoms with van der Waals surface area (Å²) in [5.74, 6) is 0.548. The number of benzene rings is 3. The fraction of sp³-hybridized carbons (Fsp3) is 0.280. The number of furan rings is 2. The molecule has 1 aliphatic carbocycles. The molecule has 0 atom stereocenters. The zero-order chi connectivity index (χ0) is 18.0. The first kappa shape index (κ1) is 15.3. The molecular formula is C25H22O2. The van der Waals surface area contributed by atoms with Gasteiger partial charge in [-0.05, 0) is 49.9 Å². The first-order valence-corrected chi connectivity index (χ1v) is 10.1. The van der Waals surface area contributed by atoms with Crippen molar-refractivity contribution in [3.63, 3.8) is 0 Å². The molecular weight excluding hydrogens is 332 g/mol. The molecule has 2 heteroatoms. The van der Waals surface area contributed by atoms with Gasteiger partial charge in [0.25, 0.3) is 0 Å². The molecule has 3 aromatic carbocycles. The van der Waals surface area contributed by atoms with Crippen LogP contribution in [0.3, 0.4) is 0 Å². The SMILES string of the molecule is Cc1ccc2oc3cc4c(oc5ccccc54)c(C4CCCCC4)c3c2c1. The summed E-state index contributed by atoms with van der Waals surface area (Å²) in [7, 11) is 0. The Kier molecular flexibility index (Phi) is 3.19. The summed E-state index contributed by atoms with van der Waals surface area (Å²) in [4.78, 5) is 0. The quantitative estimate of drug-likeness (QED) is 0.306. The predicted molar refractivity (Wildman–Crippen MR) is 112 cm³/mol. The topological polar surface area (TPSA) is 26.3 Å². The summed E-state index contributed by atoms with van der Waals surface area (Å²) in [5, 5.41) is 4.87. The van der Waals surface area contributed by atoms with Crippen molar-refractivity contribution in [1.29, 1.82) is 0 Å². The molecule has 2 heterocycles. The van der Waals surface area contributed by atoms with Crippen LogP contribution in [0, 0.1) is 6.92 Å². The van der Waals surface area contributed by atoms with Crippen LogP contribution in [-0.2, 0) is 0 Å². The van der Waals surface area contributed by atoms with Crippen molar-refractivity contribution in [3.8, 4) is 0 Å². The van der Waals surface area contributed by atoms with Crippen LogP contribution in [-0.4, -0.2) is 0 Å². The standard InChI is InChI=1S/C25H22O2/c1-15-11-12-21-19(13-15)24-22(26-21)14-18-17-9-5-6-10-20(17)27-25(18)23(24)16-7-3-2-4-8-16/h5-6,9-14,16H,2-4,7-8H2,1H3. The van der Waals surface area contributed by atoms with Crippen molar-refractivity contribution in [2.75, 3.05) is 0 Å². The van der Waals surface area contributed by atoms with Crippen LogP contribution in [0.1, 0.15) is 49.1 Å². The fourth-order valence-corrected chi connectivity index (χ4v) is 5.04. The largest absolute Gasteiger partial charge is 0.456 e. The van der Waals surface area contributed by atoms with E-state index in [9.17, 15) is 0 Å². The Bertz CT molecular complexity index is 1310. The lowest BCUT2D eigenvalue weighted by Crippen LogP contribution is -2.05. The highest BCUT2D eigenvalue weighted by atomic mass is 16.3. The Morgan fingerprint density at radius 3 is 2.44 bits per heavy atom. The van der Waals surface area contributed by atoms with Gasteiger partial charge in [0.1, 0.15) is 22.3 Å². The monoisotopic (exact) mass is 354 g/mol. The summed E-state index contributed by atoms with van der Waals surface area (Å²) in [5.41, 5.74) is 6.66. The normalized spacial score (nSPS) is 16.2. The third-order valence-corrected chi connectivity index (χ3v) is 6.31. The van der Waals surface area contributed by atoms with E-state index in [0.717, 1.165) is 22.3 Å². The highest BCUT2D eigenvalue weighted by Gasteiger charge is 2.26. The molecule has 1 aliphatic rings. The Hall–Kier alpha value is -2.74. The molecule has 2 aromatic heterocycles. The van der Waals surface area contributed by atoms with Gasteiger partial charge in [0, 0.05) is 27.1 Å². The van der Waals surface area contributed by atoms with Gasteiger partial charge in [0.2, 0.25) is 0 Å². The van der Waals surface area contributed by atoms with Gasteiger partial charge >= 0.3 is 0 Å². The first-order chi connectivity index (χ1) is 13.3. The van der Waals surface area contributed by atoms with Crippen LogP contribution in [0.5, 0.6) is 0 Å². The van der Waals surface area contributed by atoms with Gasteiger partial charge in [0.15, 0.2) is 0 Å². The van der Waals surface area contributed by atoms with E-state index in [1.54, 1.807) is 0 Å². The van der Waals surface area contributed by atoms with E-state index in [-0.39, 0.29) is 0 Å². The molecule has 1 saturated carbocycles.